The maximum absolute atomic E-state index is 12.6. The second-order valence-electron chi connectivity index (χ2n) is 10.6. The minimum Gasteiger partial charge on any atom is -0.491 e. The predicted octanol–water partition coefficient (Wildman–Crippen LogP) is 6.11. The number of hydrogen-bond acceptors (Lipinski definition) is 8. The van der Waals surface area contributed by atoms with Gasteiger partial charge in [-0.15, -0.1) is 0 Å². The van der Waals surface area contributed by atoms with E-state index >= 15 is 0 Å². The second-order valence-corrected chi connectivity index (χ2v) is 10.6. The van der Waals surface area contributed by atoms with E-state index in [0.717, 1.165) is 47.0 Å². The number of benzene rings is 4. The topological polar surface area (TPSA) is 96.1 Å². The van der Waals surface area contributed by atoms with Crippen LogP contribution >= 0.6 is 0 Å². The maximum atomic E-state index is 12.6. The minimum absolute atomic E-state index is 0.104. The maximum Gasteiger partial charge on any atom is 0.314 e. The Balaban J connectivity index is 0.950. The number of ether oxygens (including phenoxy) is 6. The fraction of sp³-hybridized carbons (Fsp3) is 0.257. The Morgan fingerprint density at radius 2 is 0.953 bits per heavy atom. The summed E-state index contributed by atoms with van der Waals surface area (Å²) in [5, 5.41) is 0. The molecule has 2 aliphatic heterocycles. The molecule has 43 heavy (non-hydrogen) atoms. The van der Waals surface area contributed by atoms with Crippen LogP contribution in [0.2, 0.25) is 0 Å². The first-order valence-electron chi connectivity index (χ1n) is 14.3. The van der Waals surface area contributed by atoms with Gasteiger partial charge in [0, 0.05) is 0 Å². The lowest BCUT2D eigenvalue weighted by atomic mass is 10.1. The van der Waals surface area contributed by atoms with E-state index in [0.29, 0.717) is 24.7 Å². The summed E-state index contributed by atoms with van der Waals surface area (Å²) in [5.41, 5.74) is 3.98. The van der Waals surface area contributed by atoms with Crippen molar-refractivity contribution in [3.63, 3.8) is 0 Å². The molecule has 0 aromatic heterocycles. The largest absolute Gasteiger partial charge is 0.491 e. The highest BCUT2D eigenvalue weighted by Gasteiger charge is 2.24. The molecule has 2 heterocycles. The van der Waals surface area contributed by atoms with Gasteiger partial charge in [0.2, 0.25) is 0 Å². The molecule has 4 aromatic carbocycles. The zero-order valence-corrected chi connectivity index (χ0v) is 23.8. The Morgan fingerprint density at radius 3 is 1.33 bits per heavy atom. The number of esters is 2. The molecule has 2 aliphatic rings. The summed E-state index contributed by atoms with van der Waals surface area (Å²) in [7, 11) is 0. The SMILES string of the molecule is CC(CC(=O)Oc1ccc(-c2ccc(OCC3CO3)cc2)cc1)C(=O)Oc1ccc(-c2ccc(OCC3CO3)cc2)cc1. The Labute approximate surface area is 250 Å². The van der Waals surface area contributed by atoms with E-state index in [1.807, 2.05) is 72.8 Å². The van der Waals surface area contributed by atoms with Crippen LogP contribution < -0.4 is 18.9 Å². The molecule has 0 bridgehead atoms. The lowest BCUT2D eigenvalue weighted by molar-refractivity contribution is -0.144. The molecule has 8 heteroatoms. The van der Waals surface area contributed by atoms with Crippen molar-refractivity contribution in [1.82, 2.24) is 0 Å². The normalized spacial score (nSPS) is 17.4. The molecule has 6 rings (SSSR count). The smallest absolute Gasteiger partial charge is 0.314 e. The number of carbonyl (C=O) groups excluding carboxylic acids is 2. The molecule has 0 aliphatic carbocycles. The van der Waals surface area contributed by atoms with Gasteiger partial charge in [0.05, 0.1) is 25.6 Å². The van der Waals surface area contributed by atoms with Gasteiger partial charge in [-0.2, -0.15) is 0 Å². The van der Waals surface area contributed by atoms with Crippen LogP contribution in [0.15, 0.2) is 97.1 Å². The van der Waals surface area contributed by atoms with Crippen LogP contribution in [-0.2, 0) is 19.1 Å². The summed E-state index contributed by atoms with van der Waals surface area (Å²) in [4.78, 5) is 25.2. The van der Waals surface area contributed by atoms with Gasteiger partial charge < -0.3 is 28.4 Å². The van der Waals surface area contributed by atoms with Crippen molar-refractivity contribution in [2.75, 3.05) is 26.4 Å². The molecule has 0 amide bonds. The molecule has 0 spiro atoms. The summed E-state index contributed by atoms with van der Waals surface area (Å²) < 4.78 is 32.7. The zero-order valence-electron chi connectivity index (χ0n) is 23.8. The zero-order chi connectivity index (χ0) is 29.6. The van der Waals surface area contributed by atoms with Crippen molar-refractivity contribution >= 4 is 11.9 Å². The molecule has 8 nitrogen and oxygen atoms in total. The van der Waals surface area contributed by atoms with Gasteiger partial charge in [0.1, 0.15) is 48.4 Å². The van der Waals surface area contributed by atoms with Crippen LogP contribution in [0, 0.1) is 5.92 Å². The monoisotopic (exact) mass is 580 g/mol. The van der Waals surface area contributed by atoms with E-state index in [4.69, 9.17) is 28.4 Å². The first-order valence-corrected chi connectivity index (χ1v) is 14.3. The van der Waals surface area contributed by atoms with Crippen LogP contribution in [0.1, 0.15) is 13.3 Å². The van der Waals surface area contributed by atoms with Crippen molar-refractivity contribution in [3.8, 4) is 45.3 Å². The average molecular weight is 581 g/mol. The molecule has 0 N–H and O–H groups in total. The predicted molar refractivity (Wildman–Crippen MR) is 159 cm³/mol. The van der Waals surface area contributed by atoms with Crippen molar-refractivity contribution in [1.29, 1.82) is 0 Å². The first-order chi connectivity index (χ1) is 21.0. The number of epoxide rings is 2. The van der Waals surface area contributed by atoms with Crippen LogP contribution in [0.25, 0.3) is 22.3 Å². The van der Waals surface area contributed by atoms with E-state index in [-0.39, 0.29) is 18.6 Å². The Hall–Kier alpha value is -4.66. The van der Waals surface area contributed by atoms with Crippen LogP contribution in [0.5, 0.6) is 23.0 Å². The lowest BCUT2D eigenvalue weighted by Crippen LogP contribution is -2.22. The molecular formula is C35H32O8. The third kappa shape index (κ3) is 8.22. The summed E-state index contributed by atoms with van der Waals surface area (Å²) in [5.74, 6) is 0.719. The van der Waals surface area contributed by atoms with E-state index in [9.17, 15) is 9.59 Å². The van der Waals surface area contributed by atoms with E-state index in [1.54, 1.807) is 31.2 Å². The van der Waals surface area contributed by atoms with Gasteiger partial charge in [0.25, 0.3) is 0 Å². The highest BCUT2D eigenvalue weighted by atomic mass is 16.6. The third-order valence-corrected chi connectivity index (χ3v) is 7.09. The first kappa shape index (κ1) is 28.5. The molecular weight excluding hydrogens is 548 g/mol. The lowest BCUT2D eigenvalue weighted by Gasteiger charge is -2.12. The fourth-order valence-corrected chi connectivity index (χ4v) is 4.35. The highest BCUT2D eigenvalue weighted by Crippen LogP contribution is 2.27. The molecule has 4 aromatic rings. The van der Waals surface area contributed by atoms with Gasteiger partial charge in [-0.1, -0.05) is 55.5 Å². The van der Waals surface area contributed by atoms with Crippen LogP contribution in [0.4, 0.5) is 0 Å². The highest BCUT2D eigenvalue weighted by molar-refractivity contribution is 5.82. The quantitative estimate of drug-likeness (QED) is 0.106. The van der Waals surface area contributed by atoms with Crippen molar-refractivity contribution in [3.05, 3.63) is 97.1 Å². The molecule has 0 radical (unpaired) electrons. The summed E-state index contributed by atoms with van der Waals surface area (Å²) in [6.45, 7) is 4.29. The van der Waals surface area contributed by atoms with E-state index in [1.165, 1.54) is 0 Å². The number of rotatable bonds is 13. The van der Waals surface area contributed by atoms with E-state index in [2.05, 4.69) is 0 Å². The third-order valence-electron chi connectivity index (χ3n) is 7.09. The van der Waals surface area contributed by atoms with Crippen molar-refractivity contribution in [2.24, 2.45) is 5.92 Å². The van der Waals surface area contributed by atoms with Gasteiger partial charge >= 0.3 is 11.9 Å². The molecule has 2 saturated heterocycles. The van der Waals surface area contributed by atoms with Crippen molar-refractivity contribution < 1.29 is 38.0 Å². The van der Waals surface area contributed by atoms with Crippen molar-refractivity contribution in [2.45, 2.75) is 25.6 Å². The Kier molecular flexibility index (Phi) is 8.67. The van der Waals surface area contributed by atoms with Gasteiger partial charge in [-0.3, -0.25) is 9.59 Å². The summed E-state index contributed by atoms with van der Waals surface area (Å²) in [6, 6.07) is 30.0. The molecule has 3 unspecified atom stereocenters. The molecule has 2 fully saturated rings. The van der Waals surface area contributed by atoms with Gasteiger partial charge in [-0.05, 0) is 70.8 Å². The van der Waals surface area contributed by atoms with Gasteiger partial charge in [0.15, 0.2) is 0 Å². The number of carbonyl (C=O) groups is 2. The standard InChI is InChI=1S/C35H32O8/c1-23(35(37)43-31-16-8-27(9-17-31)25-4-12-29(13-5-25)39-20-33-22-41-33)18-34(36)42-30-14-6-26(7-15-30)24-2-10-28(11-3-24)38-19-32-21-40-32/h2-17,23,32-33H,18-22H2,1H3. The molecule has 3 atom stereocenters. The van der Waals surface area contributed by atoms with Gasteiger partial charge in [-0.25, -0.2) is 0 Å². The molecule has 220 valence electrons. The number of hydrogen-bond donors (Lipinski definition) is 0. The minimum atomic E-state index is -0.674. The van der Waals surface area contributed by atoms with E-state index < -0.39 is 17.9 Å². The average Bonchev–Trinajstić information content (AvgIpc) is 3.96. The van der Waals surface area contributed by atoms with Crippen LogP contribution in [-0.4, -0.2) is 50.6 Å². The second kappa shape index (κ2) is 13.1. The fourth-order valence-electron chi connectivity index (χ4n) is 4.35. The summed E-state index contributed by atoms with van der Waals surface area (Å²) in [6.07, 6.45) is 0.322. The molecule has 0 saturated carbocycles. The van der Waals surface area contributed by atoms with Crippen LogP contribution in [0.3, 0.4) is 0 Å². The Morgan fingerprint density at radius 1 is 0.605 bits per heavy atom. The summed E-state index contributed by atoms with van der Waals surface area (Å²) >= 11 is 0. The Bertz CT molecular complexity index is 1520.